The summed E-state index contributed by atoms with van der Waals surface area (Å²) in [6.07, 6.45) is 1.11. The van der Waals surface area contributed by atoms with Crippen LogP contribution in [0, 0.1) is 0 Å². The largest absolute Gasteiger partial charge is 0.480 e. The van der Waals surface area contributed by atoms with E-state index < -0.39 is 22.6 Å². The predicted molar refractivity (Wildman–Crippen MR) is 72.5 cm³/mol. The van der Waals surface area contributed by atoms with Gasteiger partial charge in [0.1, 0.15) is 11.6 Å². The van der Waals surface area contributed by atoms with Gasteiger partial charge in [-0.25, -0.2) is 18.2 Å². The van der Waals surface area contributed by atoms with E-state index in [9.17, 15) is 13.2 Å². The van der Waals surface area contributed by atoms with Crippen LogP contribution < -0.4 is 9.04 Å². The summed E-state index contributed by atoms with van der Waals surface area (Å²) in [6, 6.07) is 3.11. The Labute approximate surface area is 117 Å². The van der Waals surface area contributed by atoms with Crippen molar-refractivity contribution in [3.63, 3.8) is 0 Å². The van der Waals surface area contributed by atoms with Gasteiger partial charge in [0.25, 0.3) is 0 Å². The Kier molecular flexibility index (Phi) is 4.12. The summed E-state index contributed by atoms with van der Waals surface area (Å²) < 4.78 is 30.1. The lowest BCUT2D eigenvalue weighted by Crippen LogP contribution is -2.26. The zero-order chi connectivity index (χ0) is 14.8. The molecule has 0 bridgehead atoms. The highest BCUT2D eigenvalue weighted by Crippen LogP contribution is 2.26. The number of ether oxygens (including phenoxy) is 1. The second-order valence-corrected chi connectivity index (χ2v) is 6.40. The molecule has 2 rings (SSSR count). The lowest BCUT2D eigenvalue weighted by molar-refractivity contribution is -0.139. The van der Waals surface area contributed by atoms with Crippen LogP contribution in [-0.2, 0) is 21.2 Å². The number of pyridine rings is 1. The molecule has 0 amide bonds. The minimum atomic E-state index is -3.27. The third-order valence-corrected chi connectivity index (χ3v) is 4.80. The third kappa shape index (κ3) is 3.01. The number of rotatable bonds is 5. The van der Waals surface area contributed by atoms with Gasteiger partial charge in [0.15, 0.2) is 6.61 Å². The molecule has 0 radical (unpaired) electrons. The van der Waals surface area contributed by atoms with Crippen molar-refractivity contribution in [2.75, 3.05) is 23.2 Å². The molecule has 0 atom stereocenters. The first-order valence-corrected chi connectivity index (χ1v) is 7.90. The van der Waals surface area contributed by atoms with Crippen LogP contribution in [0.2, 0.25) is 0 Å². The average Bonchev–Trinajstić information content (AvgIpc) is 2.75. The first-order chi connectivity index (χ1) is 9.44. The Morgan fingerprint density at radius 2 is 2.25 bits per heavy atom. The standard InChI is InChI=1S/C12H16N2O5S/c1-2-9-10(19-8-12(15)16)4-5-11(13-9)14-6-3-7-20(14,17)18/h4-5H,2-3,6-8H2,1H3,(H,15,16). The second-order valence-electron chi connectivity index (χ2n) is 4.39. The van der Waals surface area contributed by atoms with Crippen molar-refractivity contribution < 1.29 is 23.1 Å². The van der Waals surface area contributed by atoms with Gasteiger partial charge in [-0.15, -0.1) is 0 Å². The van der Waals surface area contributed by atoms with E-state index in [1.807, 2.05) is 6.92 Å². The smallest absolute Gasteiger partial charge is 0.341 e. The number of carbonyl (C=O) groups is 1. The maximum atomic E-state index is 11.8. The lowest BCUT2D eigenvalue weighted by atomic mass is 10.2. The molecule has 0 saturated carbocycles. The fourth-order valence-electron chi connectivity index (χ4n) is 2.04. The topological polar surface area (TPSA) is 96.8 Å². The summed E-state index contributed by atoms with van der Waals surface area (Å²) >= 11 is 0. The van der Waals surface area contributed by atoms with Gasteiger partial charge in [0.05, 0.1) is 11.4 Å². The number of hydrogen-bond donors (Lipinski definition) is 1. The maximum absolute atomic E-state index is 11.8. The van der Waals surface area contributed by atoms with Crippen LogP contribution >= 0.6 is 0 Å². The molecule has 1 saturated heterocycles. The maximum Gasteiger partial charge on any atom is 0.341 e. The first kappa shape index (κ1) is 14.6. The van der Waals surface area contributed by atoms with Crippen molar-refractivity contribution in [1.82, 2.24) is 4.98 Å². The van der Waals surface area contributed by atoms with E-state index in [2.05, 4.69) is 4.98 Å². The number of anilines is 1. The van der Waals surface area contributed by atoms with E-state index in [1.165, 1.54) is 4.31 Å². The molecule has 1 aliphatic rings. The summed E-state index contributed by atoms with van der Waals surface area (Å²) in [4.78, 5) is 14.8. The Bertz CT molecular complexity index is 614. The molecule has 1 N–H and O–H groups in total. The van der Waals surface area contributed by atoms with E-state index in [4.69, 9.17) is 9.84 Å². The monoisotopic (exact) mass is 300 g/mol. The molecule has 1 fully saturated rings. The molecule has 8 heteroatoms. The highest BCUT2D eigenvalue weighted by Gasteiger charge is 2.29. The summed E-state index contributed by atoms with van der Waals surface area (Å²) in [5, 5.41) is 8.60. The van der Waals surface area contributed by atoms with Gasteiger partial charge in [0, 0.05) is 6.54 Å². The number of aromatic nitrogens is 1. The Balaban J connectivity index is 2.27. The molecule has 2 heterocycles. The van der Waals surface area contributed by atoms with Gasteiger partial charge in [-0.2, -0.15) is 0 Å². The summed E-state index contributed by atoms with van der Waals surface area (Å²) in [5.41, 5.74) is 0.547. The number of sulfonamides is 1. The van der Waals surface area contributed by atoms with Crippen LogP contribution in [0.3, 0.4) is 0 Å². The van der Waals surface area contributed by atoms with Gasteiger partial charge in [0.2, 0.25) is 10.0 Å². The minimum Gasteiger partial charge on any atom is -0.480 e. The number of hydrogen-bond acceptors (Lipinski definition) is 5. The molecule has 1 aliphatic heterocycles. The summed E-state index contributed by atoms with van der Waals surface area (Å²) in [5.74, 6) is -0.205. The third-order valence-electron chi connectivity index (χ3n) is 2.96. The molecule has 0 unspecified atom stereocenters. The number of aliphatic carboxylic acids is 1. The van der Waals surface area contributed by atoms with Crippen molar-refractivity contribution in [3.05, 3.63) is 17.8 Å². The molecule has 1 aromatic rings. The van der Waals surface area contributed by atoms with Crippen LogP contribution in [0.5, 0.6) is 5.75 Å². The van der Waals surface area contributed by atoms with Crippen molar-refractivity contribution in [1.29, 1.82) is 0 Å². The van der Waals surface area contributed by atoms with E-state index in [-0.39, 0.29) is 5.75 Å². The minimum absolute atomic E-state index is 0.132. The second kappa shape index (κ2) is 5.66. The van der Waals surface area contributed by atoms with Crippen LogP contribution in [0.15, 0.2) is 12.1 Å². The van der Waals surface area contributed by atoms with E-state index >= 15 is 0 Å². The van der Waals surface area contributed by atoms with Gasteiger partial charge in [-0.1, -0.05) is 6.92 Å². The molecule has 1 aromatic heterocycles. The van der Waals surface area contributed by atoms with Gasteiger partial charge in [-0.05, 0) is 25.0 Å². The van der Waals surface area contributed by atoms with E-state index in [1.54, 1.807) is 12.1 Å². The normalized spacial score (nSPS) is 17.1. The Morgan fingerprint density at radius 1 is 1.50 bits per heavy atom. The van der Waals surface area contributed by atoms with Crippen LogP contribution in [-0.4, -0.2) is 43.4 Å². The fraction of sp³-hybridized carbons (Fsp3) is 0.500. The van der Waals surface area contributed by atoms with E-state index in [0.717, 1.165) is 0 Å². The van der Waals surface area contributed by atoms with Crippen molar-refractivity contribution in [3.8, 4) is 5.75 Å². The fourth-order valence-corrected chi connectivity index (χ4v) is 3.55. The van der Waals surface area contributed by atoms with Crippen molar-refractivity contribution >= 4 is 21.8 Å². The Hall–Kier alpha value is -1.83. The average molecular weight is 300 g/mol. The van der Waals surface area contributed by atoms with E-state index in [0.29, 0.717) is 36.6 Å². The molecule has 110 valence electrons. The zero-order valence-electron chi connectivity index (χ0n) is 11.1. The Morgan fingerprint density at radius 3 is 2.80 bits per heavy atom. The van der Waals surface area contributed by atoms with Gasteiger partial charge < -0.3 is 9.84 Å². The number of carboxylic acids is 1. The SMILES string of the molecule is CCc1nc(N2CCCS2(=O)=O)ccc1OCC(=O)O. The highest BCUT2D eigenvalue weighted by molar-refractivity contribution is 7.93. The van der Waals surface area contributed by atoms with Crippen molar-refractivity contribution in [2.45, 2.75) is 19.8 Å². The lowest BCUT2D eigenvalue weighted by Gasteiger charge is -2.17. The molecule has 0 spiro atoms. The molecule has 0 aliphatic carbocycles. The van der Waals surface area contributed by atoms with Crippen LogP contribution in [0.4, 0.5) is 5.82 Å². The quantitative estimate of drug-likeness (QED) is 0.857. The molecule has 20 heavy (non-hydrogen) atoms. The van der Waals surface area contributed by atoms with Crippen molar-refractivity contribution in [2.24, 2.45) is 0 Å². The predicted octanol–water partition coefficient (Wildman–Crippen LogP) is 0.647. The van der Waals surface area contributed by atoms with Gasteiger partial charge >= 0.3 is 5.97 Å². The van der Waals surface area contributed by atoms with Gasteiger partial charge in [-0.3, -0.25) is 4.31 Å². The van der Waals surface area contributed by atoms with Crippen LogP contribution in [0.1, 0.15) is 19.0 Å². The van der Waals surface area contributed by atoms with Crippen LogP contribution in [0.25, 0.3) is 0 Å². The zero-order valence-corrected chi connectivity index (χ0v) is 11.9. The highest BCUT2D eigenvalue weighted by atomic mass is 32.2. The molecule has 7 nitrogen and oxygen atoms in total. The number of carboxylic acid groups (broad SMARTS) is 1. The number of nitrogens with zero attached hydrogens (tertiary/aromatic N) is 2. The number of aryl methyl sites for hydroxylation is 1. The molecule has 0 aromatic carbocycles. The summed E-state index contributed by atoms with van der Waals surface area (Å²) in [7, 11) is -3.27. The summed E-state index contributed by atoms with van der Waals surface area (Å²) in [6.45, 7) is 1.82. The first-order valence-electron chi connectivity index (χ1n) is 6.29. The molecular formula is C12H16N2O5S. The molecular weight excluding hydrogens is 284 g/mol.